The van der Waals surface area contributed by atoms with Gasteiger partial charge in [0.2, 0.25) is 0 Å². The van der Waals surface area contributed by atoms with Crippen molar-refractivity contribution in [2.45, 2.75) is 13.0 Å². The first-order valence-electron chi connectivity index (χ1n) is 4.22. The zero-order valence-corrected chi connectivity index (χ0v) is 9.91. The van der Waals surface area contributed by atoms with Crippen LogP contribution in [0.5, 0.6) is 5.75 Å². The Morgan fingerprint density at radius 2 is 2.13 bits per heavy atom. The third kappa shape index (κ3) is 2.49. The molecule has 0 radical (unpaired) electrons. The smallest absolute Gasteiger partial charge is 0.337 e. The monoisotopic (exact) mass is 274 g/mol. The molecule has 0 fully saturated rings. The van der Waals surface area contributed by atoms with E-state index in [-0.39, 0.29) is 5.56 Å². The summed E-state index contributed by atoms with van der Waals surface area (Å²) in [4.78, 5) is 10.6. The van der Waals surface area contributed by atoms with Gasteiger partial charge in [0.05, 0.1) is 7.11 Å². The first-order chi connectivity index (χ1) is 6.97. The molecule has 0 heterocycles. The quantitative estimate of drug-likeness (QED) is 0.883. The molecule has 0 amide bonds. The minimum atomic E-state index is -1.56. The van der Waals surface area contributed by atoms with Crippen LogP contribution in [0, 0.1) is 6.92 Å². The van der Waals surface area contributed by atoms with Crippen molar-refractivity contribution in [1.82, 2.24) is 0 Å². The van der Waals surface area contributed by atoms with E-state index in [1.807, 2.05) is 6.92 Å². The fraction of sp³-hybridized carbons (Fsp3) is 0.300. The van der Waals surface area contributed by atoms with Crippen LogP contribution in [0.4, 0.5) is 0 Å². The van der Waals surface area contributed by atoms with E-state index in [9.17, 15) is 9.90 Å². The van der Waals surface area contributed by atoms with E-state index < -0.39 is 12.1 Å². The summed E-state index contributed by atoms with van der Waals surface area (Å²) >= 11 is 3.30. The maximum Gasteiger partial charge on any atom is 0.337 e. The molecule has 0 saturated heterocycles. The van der Waals surface area contributed by atoms with Crippen LogP contribution in [0.2, 0.25) is 0 Å². The second kappa shape index (κ2) is 4.63. The number of hydrogen-bond donors (Lipinski definition) is 2. The fourth-order valence-electron chi connectivity index (χ4n) is 1.21. The molecule has 2 N–H and O–H groups in total. The number of aliphatic hydroxyl groups is 1. The molecule has 82 valence electrons. The molecular weight excluding hydrogens is 264 g/mol. The van der Waals surface area contributed by atoms with Gasteiger partial charge in [0.25, 0.3) is 0 Å². The molecule has 0 aliphatic heterocycles. The molecule has 4 nitrogen and oxygen atoms in total. The average molecular weight is 275 g/mol. The predicted octanol–water partition coefficient (Wildman–Crippen LogP) is 1.88. The molecule has 1 unspecified atom stereocenters. The Labute approximate surface area is 95.6 Å². The lowest BCUT2D eigenvalue weighted by Crippen LogP contribution is -2.12. The second-order valence-corrected chi connectivity index (χ2v) is 3.94. The number of ether oxygens (including phenoxy) is 1. The molecule has 1 aromatic rings. The Balaban J connectivity index is 3.27. The van der Waals surface area contributed by atoms with Gasteiger partial charge < -0.3 is 14.9 Å². The second-order valence-electron chi connectivity index (χ2n) is 3.08. The van der Waals surface area contributed by atoms with Crippen LogP contribution < -0.4 is 4.74 Å². The highest BCUT2D eigenvalue weighted by molar-refractivity contribution is 9.10. The van der Waals surface area contributed by atoms with Crippen molar-refractivity contribution in [3.05, 3.63) is 27.7 Å². The number of aliphatic carboxylic acids is 1. The summed E-state index contributed by atoms with van der Waals surface area (Å²) in [6.45, 7) is 1.81. The van der Waals surface area contributed by atoms with Crippen LogP contribution in [0.15, 0.2) is 16.6 Å². The lowest BCUT2D eigenvalue weighted by molar-refractivity contribution is -0.147. The van der Waals surface area contributed by atoms with E-state index in [2.05, 4.69) is 15.9 Å². The zero-order valence-electron chi connectivity index (χ0n) is 8.32. The highest BCUT2D eigenvalue weighted by Crippen LogP contribution is 2.31. The van der Waals surface area contributed by atoms with Crippen LogP contribution in [0.1, 0.15) is 17.2 Å². The van der Waals surface area contributed by atoms with Gasteiger partial charge in [-0.1, -0.05) is 15.9 Å². The number of rotatable bonds is 3. The van der Waals surface area contributed by atoms with Gasteiger partial charge >= 0.3 is 5.97 Å². The van der Waals surface area contributed by atoms with Crippen molar-refractivity contribution in [1.29, 1.82) is 0 Å². The van der Waals surface area contributed by atoms with E-state index in [1.54, 1.807) is 12.1 Å². The SMILES string of the molecule is COc1cc(Br)c(C)cc1C(O)C(=O)O. The van der Waals surface area contributed by atoms with Crippen molar-refractivity contribution in [2.24, 2.45) is 0 Å². The Kier molecular flexibility index (Phi) is 3.71. The lowest BCUT2D eigenvalue weighted by Gasteiger charge is -2.13. The average Bonchev–Trinajstić information content (AvgIpc) is 2.20. The fourth-order valence-corrected chi connectivity index (χ4v) is 1.53. The maximum atomic E-state index is 10.6. The lowest BCUT2D eigenvalue weighted by atomic mass is 10.1. The largest absolute Gasteiger partial charge is 0.496 e. The van der Waals surface area contributed by atoms with Crippen molar-refractivity contribution >= 4 is 21.9 Å². The first-order valence-corrected chi connectivity index (χ1v) is 5.01. The van der Waals surface area contributed by atoms with Gasteiger partial charge in [0.15, 0.2) is 6.10 Å². The number of carboxylic acid groups (broad SMARTS) is 1. The maximum absolute atomic E-state index is 10.6. The van der Waals surface area contributed by atoms with Gasteiger partial charge in [0, 0.05) is 10.0 Å². The summed E-state index contributed by atoms with van der Waals surface area (Å²) in [7, 11) is 1.43. The number of aliphatic hydroxyl groups excluding tert-OH is 1. The molecule has 0 spiro atoms. The van der Waals surface area contributed by atoms with Crippen molar-refractivity contribution in [2.75, 3.05) is 7.11 Å². The molecule has 5 heteroatoms. The Hall–Kier alpha value is -1.07. The Bertz CT molecular complexity index is 389. The molecule has 0 bridgehead atoms. The molecule has 0 aromatic heterocycles. The van der Waals surface area contributed by atoms with Gasteiger partial charge in [-0.15, -0.1) is 0 Å². The van der Waals surface area contributed by atoms with Crippen LogP contribution in [-0.4, -0.2) is 23.3 Å². The topological polar surface area (TPSA) is 66.8 Å². The number of halogens is 1. The molecule has 0 aliphatic rings. The Morgan fingerprint density at radius 3 is 2.60 bits per heavy atom. The normalized spacial score (nSPS) is 12.3. The van der Waals surface area contributed by atoms with Gasteiger partial charge in [-0.05, 0) is 24.6 Å². The predicted molar refractivity (Wildman–Crippen MR) is 58.0 cm³/mol. The van der Waals surface area contributed by atoms with Crippen LogP contribution in [0.25, 0.3) is 0 Å². The molecule has 15 heavy (non-hydrogen) atoms. The standard InChI is InChI=1S/C10H11BrO4/c1-5-3-6(9(12)10(13)14)8(15-2)4-7(5)11/h3-4,9,12H,1-2H3,(H,13,14). The molecule has 1 rings (SSSR count). The van der Waals surface area contributed by atoms with E-state index in [0.717, 1.165) is 10.0 Å². The molecule has 1 atom stereocenters. The summed E-state index contributed by atoms with van der Waals surface area (Å²) in [5, 5.41) is 18.1. The molecular formula is C10H11BrO4. The van der Waals surface area contributed by atoms with Gasteiger partial charge in [-0.3, -0.25) is 0 Å². The summed E-state index contributed by atoms with van der Waals surface area (Å²) in [5.74, 6) is -0.947. The number of carbonyl (C=O) groups is 1. The molecule has 1 aromatic carbocycles. The zero-order chi connectivity index (χ0) is 11.6. The van der Waals surface area contributed by atoms with Gasteiger partial charge in [-0.2, -0.15) is 0 Å². The number of aryl methyl sites for hydroxylation is 1. The Morgan fingerprint density at radius 1 is 1.53 bits per heavy atom. The number of hydrogen-bond acceptors (Lipinski definition) is 3. The van der Waals surface area contributed by atoms with Crippen LogP contribution in [0.3, 0.4) is 0 Å². The van der Waals surface area contributed by atoms with Crippen molar-refractivity contribution in [3.8, 4) is 5.75 Å². The molecule has 0 saturated carbocycles. The highest BCUT2D eigenvalue weighted by Gasteiger charge is 2.21. The minimum Gasteiger partial charge on any atom is -0.496 e. The first kappa shape index (κ1) is 12.0. The highest BCUT2D eigenvalue weighted by atomic mass is 79.9. The van der Waals surface area contributed by atoms with Crippen LogP contribution in [-0.2, 0) is 4.79 Å². The van der Waals surface area contributed by atoms with E-state index >= 15 is 0 Å². The van der Waals surface area contributed by atoms with Crippen LogP contribution >= 0.6 is 15.9 Å². The summed E-state index contributed by atoms with van der Waals surface area (Å²) in [6.07, 6.45) is -1.56. The summed E-state index contributed by atoms with van der Waals surface area (Å²) < 4.78 is 5.81. The van der Waals surface area contributed by atoms with Gasteiger partial charge in [-0.25, -0.2) is 4.79 Å². The summed E-state index contributed by atoms with van der Waals surface area (Å²) in [6, 6.07) is 3.22. The summed E-state index contributed by atoms with van der Waals surface area (Å²) in [5.41, 5.74) is 1.09. The minimum absolute atomic E-state index is 0.255. The van der Waals surface area contributed by atoms with Crippen molar-refractivity contribution < 1.29 is 19.7 Å². The van der Waals surface area contributed by atoms with Gasteiger partial charge in [0.1, 0.15) is 5.75 Å². The van der Waals surface area contributed by atoms with E-state index in [0.29, 0.717) is 5.75 Å². The molecule has 0 aliphatic carbocycles. The van der Waals surface area contributed by atoms with E-state index in [4.69, 9.17) is 9.84 Å². The van der Waals surface area contributed by atoms with E-state index in [1.165, 1.54) is 7.11 Å². The van der Waals surface area contributed by atoms with Crippen molar-refractivity contribution in [3.63, 3.8) is 0 Å². The third-order valence-electron chi connectivity index (χ3n) is 2.04. The number of methoxy groups -OCH3 is 1. The number of benzene rings is 1. The third-order valence-corrected chi connectivity index (χ3v) is 2.89. The number of carboxylic acids is 1.